The van der Waals surface area contributed by atoms with Gasteiger partial charge in [-0.25, -0.2) is 4.79 Å². The standard InChI is InChI=1S/C13H18FN3O3/c14-17(10-6-2-1-3-7-10)12(18)11(16-13(19)20)8-4-5-9-15/h1-3,6-7,11,16H,4-5,8-9,15H2,(H,19,20). The number of anilines is 1. The molecule has 0 saturated heterocycles. The summed E-state index contributed by atoms with van der Waals surface area (Å²) in [6, 6.07) is 6.59. The molecule has 0 bridgehead atoms. The summed E-state index contributed by atoms with van der Waals surface area (Å²) < 4.78 is 14.0. The third-order valence-corrected chi connectivity index (χ3v) is 2.72. The highest BCUT2D eigenvalue weighted by Crippen LogP contribution is 2.16. The van der Waals surface area contributed by atoms with Crippen molar-refractivity contribution in [3.8, 4) is 0 Å². The molecule has 1 aromatic rings. The number of rotatable bonds is 7. The summed E-state index contributed by atoms with van der Waals surface area (Å²) >= 11 is 0. The first-order valence-corrected chi connectivity index (χ1v) is 6.30. The molecule has 0 spiro atoms. The molecule has 0 heterocycles. The number of carboxylic acid groups (broad SMARTS) is 1. The molecule has 2 amide bonds. The second-order valence-electron chi connectivity index (χ2n) is 4.24. The van der Waals surface area contributed by atoms with Gasteiger partial charge in [-0.15, -0.1) is 5.12 Å². The van der Waals surface area contributed by atoms with Crippen LogP contribution in [0.5, 0.6) is 0 Å². The monoisotopic (exact) mass is 283 g/mol. The maximum absolute atomic E-state index is 14.0. The van der Waals surface area contributed by atoms with Crippen LogP contribution in [0.2, 0.25) is 0 Å². The molecule has 0 aliphatic rings. The van der Waals surface area contributed by atoms with Crippen molar-refractivity contribution in [2.75, 3.05) is 11.7 Å². The van der Waals surface area contributed by atoms with Crippen LogP contribution in [-0.4, -0.2) is 29.7 Å². The molecule has 0 aliphatic carbocycles. The fourth-order valence-electron chi connectivity index (χ4n) is 1.72. The lowest BCUT2D eigenvalue weighted by Gasteiger charge is -2.20. The van der Waals surface area contributed by atoms with E-state index in [0.29, 0.717) is 19.4 Å². The minimum Gasteiger partial charge on any atom is -0.465 e. The van der Waals surface area contributed by atoms with E-state index >= 15 is 0 Å². The highest BCUT2D eigenvalue weighted by Gasteiger charge is 2.26. The number of para-hydroxylation sites is 1. The van der Waals surface area contributed by atoms with Gasteiger partial charge in [0.05, 0.1) is 5.69 Å². The molecule has 6 nitrogen and oxygen atoms in total. The summed E-state index contributed by atoms with van der Waals surface area (Å²) in [4.78, 5) is 22.6. The van der Waals surface area contributed by atoms with Gasteiger partial charge in [-0.2, -0.15) is 0 Å². The van der Waals surface area contributed by atoms with Crippen molar-refractivity contribution >= 4 is 17.7 Å². The maximum atomic E-state index is 14.0. The van der Waals surface area contributed by atoms with Crippen LogP contribution in [0.3, 0.4) is 0 Å². The number of halogens is 1. The largest absolute Gasteiger partial charge is 0.465 e. The van der Waals surface area contributed by atoms with E-state index in [0.717, 1.165) is 0 Å². The summed E-state index contributed by atoms with van der Waals surface area (Å²) in [5.74, 6) is -0.935. The van der Waals surface area contributed by atoms with Gasteiger partial charge in [0.1, 0.15) is 6.04 Å². The second-order valence-corrected chi connectivity index (χ2v) is 4.24. The van der Waals surface area contributed by atoms with E-state index in [9.17, 15) is 14.1 Å². The number of benzene rings is 1. The lowest BCUT2D eigenvalue weighted by Crippen LogP contribution is -2.45. The number of unbranched alkanes of at least 4 members (excludes halogenated alkanes) is 1. The average Bonchev–Trinajstić information content (AvgIpc) is 2.45. The third-order valence-electron chi connectivity index (χ3n) is 2.72. The molecular weight excluding hydrogens is 265 g/mol. The van der Waals surface area contributed by atoms with Crippen LogP contribution in [0.4, 0.5) is 15.0 Å². The second kappa shape index (κ2) is 8.11. The quantitative estimate of drug-likeness (QED) is 0.524. The Morgan fingerprint density at radius 2 is 1.95 bits per heavy atom. The molecule has 0 aliphatic heterocycles. The number of amides is 2. The smallest absolute Gasteiger partial charge is 0.405 e. The Labute approximate surface area is 116 Å². The molecule has 0 radical (unpaired) electrons. The van der Waals surface area contributed by atoms with Crippen molar-refractivity contribution in [3.05, 3.63) is 30.3 Å². The van der Waals surface area contributed by atoms with Gasteiger partial charge in [-0.3, -0.25) is 4.79 Å². The Morgan fingerprint density at radius 1 is 1.30 bits per heavy atom. The van der Waals surface area contributed by atoms with Crippen LogP contribution in [0.1, 0.15) is 19.3 Å². The molecular formula is C13H18FN3O3. The highest BCUT2D eigenvalue weighted by atomic mass is 19.2. The first-order chi connectivity index (χ1) is 9.56. The van der Waals surface area contributed by atoms with Crippen LogP contribution in [-0.2, 0) is 4.79 Å². The first kappa shape index (κ1) is 15.9. The molecule has 1 rings (SSSR count). The molecule has 1 aromatic carbocycles. The van der Waals surface area contributed by atoms with Gasteiger partial charge in [-0.1, -0.05) is 22.7 Å². The highest BCUT2D eigenvalue weighted by molar-refractivity contribution is 5.96. The van der Waals surface area contributed by atoms with E-state index in [2.05, 4.69) is 0 Å². The fraction of sp³-hybridized carbons (Fsp3) is 0.385. The molecule has 0 saturated carbocycles. The van der Waals surface area contributed by atoms with Gasteiger partial charge in [0, 0.05) is 0 Å². The van der Waals surface area contributed by atoms with Crippen LogP contribution in [0, 0.1) is 0 Å². The van der Waals surface area contributed by atoms with Gasteiger partial charge < -0.3 is 16.2 Å². The Bertz CT molecular complexity index is 442. The molecule has 4 N–H and O–H groups in total. The number of carbonyl (C=O) groups is 2. The van der Waals surface area contributed by atoms with Gasteiger partial charge in [-0.05, 0) is 37.9 Å². The van der Waals surface area contributed by atoms with Crippen molar-refractivity contribution in [1.29, 1.82) is 0 Å². The van der Waals surface area contributed by atoms with Crippen molar-refractivity contribution < 1.29 is 19.2 Å². The maximum Gasteiger partial charge on any atom is 0.405 e. The zero-order valence-electron chi connectivity index (χ0n) is 11.0. The zero-order valence-corrected chi connectivity index (χ0v) is 11.0. The van der Waals surface area contributed by atoms with E-state index in [1.807, 2.05) is 5.32 Å². The normalized spacial score (nSPS) is 11.7. The Balaban J connectivity index is 2.73. The summed E-state index contributed by atoms with van der Waals surface area (Å²) in [5.41, 5.74) is 5.40. The van der Waals surface area contributed by atoms with Crippen LogP contribution in [0.15, 0.2) is 30.3 Å². The Morgan fingerprint density at radius 3 is 2.50 bits per heavy atom. The summed E-state index contributed by atoms with van der Waals surface area (Å²) in [5, 5.41) is 10.7. The summed E-state index contributed by atoms with van der Waals surface area (Å²) in [7, 11) is 0. The van der Waals surface area contributed by atoms with Crippen molar-refractivity contribution in [3.63, 3.8) is 0 Å². The van der Waals surface area contributed by atoms with Gasteiger partial charge in [0.15, 0.2) is 0 Å². The average molecular weight is 283 g/mol. The van der Waals surface area contributed by atoms with Crippen molar-refractivity contribution in [1.82, 2.24) is 5.32 Å². The lowest BCUT2D eigenvalue weighted by molar-refractivity contribution is -0.123. The van der Waals surface area contributed by atoms with Crippen LogP contribution < -0.4 is 16.2 Å². The lowest BCUT2D eigenvalue weighted by atomic mass is 10.1. The summed E-state index contributed by atoms with van der Waals surface area (Å²) in [6.45, 7) is 0.437. The first-order valence-electron chi connectivity index (χ1n) is 6.30. The molecule has 1 atom stereocenters. The van der Waals surface area contributed by atoms with E-state index < -0.39 is 18.0 Å². The number of nitrogens with zero attached hydrogens (tertiary/aromatic N) is 1. The number of hydrogen-bond acceptors (Lipinski definition) is 3. The number of nitrogens with one attached hydrogen (secondary N) is 1. The zero-order chi connectivity index (χ0) is 15.0. The van der Waals surface area contributed by atoms with E-state index in [1.54, 1.807) is 18.2 Å². The predicted octanol–water partition coefficient (Wildman–Crippen LogP) is 1.67. The van der Waals surface area contributed by atoms with Gasteiger partial charge in [0.25, 0.3) is 5.91 Å². The predicted molar refractivity (Wildman–Crippen MR) is 72.9 cm³/mol. The van der Waals surface area contributed by atoms with E-state index in [4.69, 9.17) is 10.8 Å². The number of hydrogen-bond donors (Lipinski definition) is 3. The minimum absolute atomic E-state index is 0.0386. The van der Waals surface area contributed by atoms with Gasteiger partial charge in [0.2, 0.25) is 0 Å². The van der Waals surface area contributed by atoms with Crippen molar-refractivity contribution in [2.45, 2.75) is 25.3 Å². The van der Waals surface area contributed by atoms with Crippen molar-refractivity contribution in [2.24, 2.45) is 5.73 Å². The molecule has 0 aromatic heterocycles. The van der Waals surface area contributed by atoms with E-state index in [-0.39, 0.29) is 17.2 Å². The molecule has 7 heteroatoms. The SMILES string of the molecule is NCCCCC(NC(=O)O)C(=O)N(F)c1ccccc1. The molecule has 110 valence electrons. The Hall–Kier alpha value is -2.15. The molecule has 20 heavy (non-hydrogen) atoms. The minimum atomic E-state index is -1.36. The molecule has 1 unspecified atom stereocenters. The number of nitrogens with two attached hydrogens (primary N) is 1. The van der Waals surface area contributed by atoms with Gasteiger partial charge >= 0.3 is 6.09 Å². The number of carbonyl (C=O) groups excluding carboxylic acids is 1. The summed E-state index contributed by atoms with van der Waals surface area (Å²) in [6.07, 6.45) is 0.0197. The van der Waals surface area contributed by atoms with Crippen LogP contribution in [0.25, 0.3) is 0 Å². The van der Waals surface area contributed by atoms with Crippen LogP contribution >= 0.6 is 0 Å². The Kier molecular flexibility index (Phi) is 6.45. The molecule has 0 fully saturated rings. The fourth-order valence-corrected chi connectivity index (χ4v) is 1.72. The third kappa shape index (κ3) is 4.85. The topological polar surface area (TPSA) is 95.7 Å². The van der Waals surface area contributed by atoms with E-state index in [1.165, 1.54) is 12.1 Å².